The van der Waals surface area contributed by atoms with E-state index in [4.69, 9.17) is 28.9 Å². The second-order valence-electron chi connectivity index (χ2n) is 8.04. The SMILES string of the molecule is COc1cc2nc(NCc3ccc4c(c3)OCO4)nc(Nc3ccc(NC(C)=O)cc3)c2cc1OC. The Hall–Kier alpha value is -4.73. The number of methoxy groups -OCH3 is 2. The molecule has 2 heterocycles. The minimum absolute atomic E-state index is 0.128. The zero-order valence-corrected chi connectivity index (χ0v) is 20.0. The molecule has 0 radical (unpaired) electrons. The lowest BCUT2D eigenvalue weighted by Gasteiger charge is -2.15. The molecule has 1 amide bonds. The summed E-state index contributed by atoms with van der Waals surface area (Å²) in [6.07, 6.45) is 0. The number of ether oxygens (including phenoxy) is 4. The van der Waals surface area contributed by atoms with Gasteiger partial charge >= 0.3 is 0 Å². The van der Waals surface area contributed by atoms with E-state index in [9.17, 15) is 4.79 Å². The van der Waals surface area contributed by atoms with Crippen LogP contribution in [0.4, 0.5) is 23.1 Å². The van der Waals surface area contributed by atoms with E-state index in [1.807, 2.05) is 54.6 Å². The molecule has 4 aromatic rings. The van der Waals surface area contributed by atoms with Gasteiger partial charge in [0.15, 0.2) is 23.0 Å². The van der Waals surface area contributed by atoms with Gasteiger partial charge in [0.2, 0.25) is 18.6 Å². The molecule has 0 saturated heterocycles. The average molecular weight is 488 g/mol. The Bertz CT molecular complexity index is 1420. The molecule has 10 heteroatoms. The van der Waals surface area contributed by atoms with E-state index in [0.717, 1.165) is 28.1 Å². The quantitative estimate of drug-likeness (QED) is 0.325. The van der Waals surface area contributed by atoms with Crippen molar-refractivity contribution in [3.63, 3.8) is 0 Å². The van der Waals surface area contributed by atoms with Crippen LogP contribution in [0.15, 0.2) is 54.6 Å². The highest BCUT2D eigenvalue weighted by Gasteiger charge is 2.16. The van der Waals surface area contributed by atoms with E-state index >= 15 is 0 Å². The van der Waals surface area contributed by atoms with Gasteiger partial charge in [-0.2, -0.15) is 4.98 Å². The molecular formula is C26H25N5O5. The third-order valence-electron chi connectivity index (χ3n) is 5.56. The maximum Gasteiger partial charge on any atom is 0.231 e. The fourth-order valence-corrected chi connectivity index (χ4v) is 3.84. The summed E-state index contributed by atoms with van der Waals surface area (Å²) in [5.74, 6) is 3.48. The zero-order valence-electron chi connectivity index (χ0n) is 20.0. The molecule has 10 nitrogen and oxygen atoms in total. The standard InChI is InChI=1S/C26H25N5O5/c1-15(32)28-17-5-7-18(8-6-17)29-25-19-11-22(33-2)23(34-3)12-20(19)30-26(31-25)27-13-16-4-9-21-24(10-16)36-14-35-21/h4-12H,13-14H2,1-3H3,(H,28,32)(H2,27,29,30,31). The number of fused-ring (bicyclic) bond motifs is 2. The van der Waals surface area contributed by atoms with Crippen LogP contribution in [0.3, 0.4) is 0 Å². The zero-order chi connectivity index (χ0) is 25.1. The summed E-state index contributed by atoms with van der Waals surface area (Å²) in [6.45, 7) is 2.19. The molecule has 0 saturated carbocycles. The molecule has 0 aliphatic carbocycles. The molecule has 0 atom stereocenters. The summed E-state index contributed by atoms with van der Waals surface area (Å²) >= 11 is 0. The molecular weight excluding hydrogens is 462 g/mol. The van der Waals surface area contributed by atoms with E-state index in [1.165, 1.54) is 6.92 Å². The number of carbonyl (C=O) groups is 1. The van der Waals surface area contributed by atoms with Gasteiger partial charge in [0.05, 0.1) is 19.7 Å². The van der Waals surface area contributed by atoms with Crippen molar-refractivity contribution in [3.8, 4) is 23.0 Å². The molecule has 184 valence electrons. The number of anilines is 4. The molecule has 1 aliphatic rings. The van der Waals surface area contributed by atoms with Gasteiger partial charge in [0, 0.05) is 36.3 Å². The van der Waals surface area contributed by atoms with Crippen LogP contribution in [0, 0.1) is 0 Å². The van der Waals surface area contributed by atoms with Gasteiger partial charge in [-0.1, -0.05) is 6.07 Å². The summed E-state index contributed by atoms with van der Waals surface area (Å²) in [5.41, 5.74) is 3.17. The van der Waals surface area contributed by atoms with Crippen molar-refractivity contribution in [3.05, 3.63) is 60.2 Å². The van der Waals surface area contributed by atoms with Crippen molar-refractivity contribution in [2.45, 2.75) is 13.5 Å². The van der Waals surface area contributed by atoms with Crippen LogP contribution >= 0.6 is 0 Å². The van der Waals surface area contributed by atoms with Gasteiger partial charge in [-0.25, -0.2) is 4.98 Å². The molecule has 1 aromatic heterocycles. The summed E-state index contributed by atoms with van der Waals surface area (Å²) in [4.78, 5) is 20.7. The molecule has 1 aliphatic heterocycles. The second-order valence-corrected chi connectivity index (χ2v) is 8.04. The average Bonchev–Trinajstić information content (AvgIpc) is 3.35. The van der Waals surface area contributed by atoms with Crippen LogP contribution in [0.5, 0.6) is 23.0 Å². The molecule has 0 bridgehead atoms. The number of hydrogen-bond donors (Lipinski definition) is 3. The van der Waals surface area contributed by atoms with Crippen LogP contribution in [-0.4, -0.2) is 36.9 Å². The van der Waals surface area contributed by atoms with Crippen LogP contribution in [-0.2, 0) is 11.3 Å². The Morgan fingerprint density at radius 3 is 2.39 bits per heavy atom. The van der Waals surface area contributed by atoms with E-state index in [0.29, 0.717) is 41.0 Å². The minimum Gasteiger partial charge on any atom is -0.493 e. The van der Waals surface area contributed by atoms with Crippen LogP contribution < -0.4 is 34.9 Å². The van der Waals surface area contributed by atoms with Gasteiger partial charge in [-0.05, 0) is 48.0 Å². The first-order chi connectivity index (χ1) is 17.5. The van der Waals surface area contributed by atoms with Crippen molar-refractivity contribution in [1.29, 1.82) is 0 Å². The normalized spacial score (nSPS) is 11.8. The fraction of sp³-hybridized carbons (Fsp3) is 0.192. The Labute approximate surface area is 207 Å². The maximum atomic E-state index is 11.3. The lowest BCUT2D eigenvalue weighted by Crippen LogP contribution is -2.07. The number of hydrogen-bond acceptors (Lipinski definition) is 9. The topological polar surface area (TPSA) is 116 Å². The molecule has 0 spiro atoms. The van der Waals surface area contributed by atoms with E-state index in [1.54, 1.807) is 14.2 Å². The van der Waals surface area contributed by atoms with E-state index in [-0.39, 0.29) is 12.7 Å². The predicted octanol–water partition coefficient (Wildman–Crippen LogP) is 4.69. The van der Waals surface area contributed by atoms with Gasteiger partial charge in [-0.15, -0.1) is 0 Å². The molecule has 5 rings (SSSR count). The number of carbonyl (C=O) groups excluding carboxylic acids is 1. The summed E-state index contributed by atoms with van der Waals surface area (Å²) in [6, 6.07) is 16.8. The summed E-state index contributed by atoms with van der Waals surface area (Å²) < 4.78 is 21.8. The third-order valence-corrected chi connectivity index (χ3v) is 5.56. The number of rotatable bonds is 8. The van der Waals surface area contributed by atoms with Crippen molar-refractivity contribution in [2.75, 3.05) is 37.0 Å². The van der Waals surface area contributed by atoms with Crippen LogP contribution in [0.25, 0.3) is 10.9 Å². The molecule has 3 aromatic carbocycles. The Morgan fingerprint density at radius 1 is 0.917 bits per heavy atom. The minimum atomic E-state index is -0.128. The highest BCUT2D eigenvalue weighted by atomic mass is 16.7. The molecule has 0 fully saturated rings. The van der Waals surface area contributed by atoms with Crippen molar-refractivity contribution < 1.29 is 23.7 Å². The Kier molecular flexibility index (Phi) is 6.31. The smallest absolute Gasteiger partial charge is 0.231 e. The largest absolute Gasteiger partial charge is 0.493 e. The van der Waals surface area contributed by atoms with E-state index in [2.05, 4.69) is 16.0 Å². The van der Waals surface area contributed by atoms with Gasteiger partial charge < -0.3 is 34.9 Å². The fourth-order valence-electron chi connectivity index (χ4n) is 3.84. The highest BCUT2D eigenvalue weighted by molar-refractivity contribution is 5.94. The number of amides is 1. The summed E-state index contributed by atoms with van der Waals surface area (Å²) in [7, 11) is 3.17. The van der Waals surface area contributed by atoms with Crippen molar-refractivity contribution in [1.82, 2.24) is 9.97 Å². The lowest BCUT2D eigenvalue weighted by atomic mass is 10.2. The van der Waals surface area contributed by atoms with Gasteiger partial charge in [0.1, 0.15) is 5.82 Å². The van der Waals surface area contributed by atoms with Crippen LogP contribution in [0.2, 0.25) is 0 Å². The van der Waals surface area contributed by atoms with Gasteiger partial charge in [-0.3, -0.25) is 4.79 Å². The van der Waals surface area contributed by atoms with Crippen molar-refractivity contribution in [2.24, 2.45) is 0 Å². The Balaban J connectivity index is 1.47. The van der Waals surface area contributed by atoms with E-state index < -0.39 is 0 Å². The van der Waals surface area contributed by atoms with Crippen molar-refractivity contribution >= 4 is 40.0 Å². The second kappa shape index (κ2) is 9.87. The van der Waals surface area contributed by atoms with Gasteiger partial charge in [0.25, 0.3) is 0 Å². The molecule has 36 heavy (non-hydrogen) atoms. The van der Waals surface area contributed by atoms with Crippen LogP contribution in [0.1, 0.15) is 12.5 Å². The first-order valence-electron chi connectivity index (χ1n) is 11.2. The number of nitrogens with one attached hydrogen (secondary N) is 3. The summed E-state index contributed by atoms with van der Waals surface area (Å²) in [5, 5.41) is 10.2. The first-order valence-corrected chi connectivity index (χ1v) is 11.2. The number of aromatic nitrogens is 2. The third kappa shape index (κ3) is 4.88. The number of benzene rings is 3. The maximum absolute atomic E-state index is 11.3. The monoisotopic (exact) mass is 487 g/mol. The first kappa shape index (κ1) is 23.0. The number of nitrogens with zero attached hydrogens (tertiary/aromatic N) is 2. The Morgan fingerprint density at radius 2 is 1.64 bits per heavy atom. The molecule has 0 unspecified atom stereocenters. The highest BCUT2D eigenvalue weighted by Crippen LogP contribution is 2.36. The molecule has 3 N–H and O–H groups in total. The predicted molar refractivity (Wildman–Crippen MR) is 137 cm³/mol. The lowest BCUT2D eigenvalue weighted by molar-refractivity contribution is -0.114.